The van der Waals surface area contributed by atoms with Gasteiger partial charge in [0.25, 0.3) is 0 Å². The Morgan fingerprint density at radius 1 is 1.12 bits per heavy atom. The minimum absolute atomic E-state index is 0.105. The van der Waals surface area contributed by atoms with Gasteiger partial charge in [-0.25, -0.2) is 8.42 Å². The lowest BCUT2D eigenvalue weighted by atomic mass is 9.97. The minimum atomic E-state index is -3.68. The second kappa shape index (κ2) is 8.74. The number of nitrogens with one attached hydrogen (secondary N) is 1. The molecule has 2 aliphatic rings. The number of hydrogen-bond donors (Lipinski definition) is 1. The van der Waals surface area contributed by atoms with E-state index in [-0.39, 0.29) is 35.3 Å². The fourth-order valence-corrected chi connectivity index (χ4v) is 5.30. The predicted octanol–water partition coefficient (Wildman–Crippen LogP) is 2.84. The summed E-state index contributed by atoms with van der Waals surface area (Å²) in [6, 6.07) is 4.72. The molecule has 9 nitrogen and oxygen atoms in total. The van der Waals surface area contributed by atoms with Crippen LogP contribution in [-0.4, -0.2) is 54.7 Å². The fourth-order valence-electron chi connectivity index (χ4n) is 3.81. The molecule has 2 aromatic rings. The first-order valence-corrected chi connectivity index (χ1v) is 12.3. The van der Waals surface area contributed by atoms with Crippen molar-refractivity contribution in [3.8, 4) is 11.5 Å². The van der Waals surface area contributed by atoms with Crippen LogP contribution in [0.3, 0.4) is 0 Å². The predicted molar refractivity (Wildman–Crippen MR) is 119 cm³/mol. The molecule has 1 fully saturated rings. The molecule has 0 unspecified atom stereocenters. The van der Waals surface area contributed by atoms with Crippen molar-refractivity contribution in [1.82, 2.24) is 14.1 Å². The summed E-state index contributed by atoms with van der Waals surface area (Å²) in [7, 11) is -3.68. The molecule has 0 aliphatic carbocycles. The highest BCUT2D eigenvalue weighted by atomic mass is 32.2. The smallest absolute Gasteiger partial charge is 0.243 e. The highest BCUT2D eigenvalue weighted by molar-refractivity contribution is 7.89. The molecular formula is C22H30N4O5S. The maximum absolute atomic E-state index is 13.1. The van der Waals surface area contributed by atoms with E-state index in [1.807, 2.05) is 27.0 Å². The first kappa shape index (κ1) is 22.6. The van der Waals surface area contributed by atoms with E-state index in [0.29, 0.717) is 43.2 Å². The lowest BCUT2D eigenvalue weighted by molar-refractivity contribution is -0.120. The third kappa shape index (κ3) is 4.75. The largest absolute Gasteiger partial charge is 0.490 e. The minimum Gasteiger partial charge on any atom is -0.490 e. The zero-order chi connectivity index (χ0) is 22.9. The number of rotatable bonds is 4. The molecule has 1 aromatic heterocycles. The van der Waals surface area contributed by atoms with Crippen molar-refractivity contribution in [1.29, 1.82) is 0 Å². The molecule has 10 heteroatoms. The highest BCUT2D eigenvalue weighted by Crippen LogP contribution is 2.34. The molecule has 0 saturated carbocycles. The summed E-state index contributed by atoms with van der Waals surface area (Å²) in [6.45, 7) is 7.71. The normalized spacial score (nSPS) is 18.2. The molecule has 3 heterocycles. The van der Waals surface area contributed by atoms with Crippen molar-refractivity contribution in [3.05, 3.63) is 30.6 Å². The Bertz CT molecular complexity index is 1080. The topological polar surface area (TPSA) is 103 Å². The maximum Gasteiger partial charge on any atom is 0.243 e. The van der Waals surface area contributed by atoms with Gasteiger partial charge in [0.2, 0.25) is 15.9 Å². The van der Waals surface area contributed by atoms with Gasteiger partial charge in [-0.2, -0.15) is 9.40 Å². The Morgan fingerprint density at radius 2 is 1.81 bits per heavy atom. The van der Waals surface area contributed by atoms with Gasteiger partial charge in [-0.05, 0) is 45.7 Å². The lowest BCUT2D eigenvalue weighted by Gasteiger charge is -2.30. The number of nitrogens with zero attached hydrogens (tertiary/aromatic N) is 3. The summed E-state index contributed by atoms with van der Waals surface area (Å²) in [5.74, 6) is 0.662. The van der Waals surface area contributed by atoms with E-state index in [0.717, 1.165) is 6.42 Å². The average molecular weight is 463 g/mol. The molecule has 32 heavy (non-hydrogen) atoms. The van der Waals surface area contributed by atoms with Crippen molar-refractivity contribution in [3.63, 3.8) is 0 Å². The number of amides is 1. The van der Waals surface area contributed by atoms with Crippen LogP contribution in [0.15, 0.2) is 35.5 Å². The van der Waals surface area contributed by atoms with Crippen LogP contribution in [0.4, 0.5) is 5.69 Å². The number of hydrogen-bond acceptors (Lipinski definition) is 6. The Hall–Kier alpha value is -2.59. The maximum atomic E-state index is 13.1. The Labute approximate surface area is 188 Å². The Morgan fingerprint density at radius 3 is 2.47 bits per heavy atom. The molecule has 0 spiro atoms. The number of carbonyl (C=O) groups is 1. The van der Waals surface area contributed by atoms with Crippen molar-refractivity contribution >= 4 is 21.6 Å². The number of aromatic nitrogens is 2. The van der Waals surface area contributed by atoms with E-state index in [1.165, 1.54) is 10.4 Å². The summed E-state index contributed by atoms with van der Waals surface area (Å²) < 4.78 is 40.7. The van der Waals surface area contributed by atoms with E-state index in [4.69, 9.17) is 9.47 Å². The Balaban J connectivity index is 1.38. The van der Waals surface area contributed by atoms with E-state index in [2.05, 4.69) is 10.4 Å². The van der Waals surface area contributed by atoms with Gasteiger partial charge >= 0.3 is 0 Å². The number of ether oxygens (including phenoxy) is 2. The van der Waals surface area contributed by atoms with Crippen molar-refractivity contribution in [2.75, 3.05) is 31.6 Å². The summed E-state index contributed by atoms with van der Waals surface area (Å²) in [6.07, 6.45) is 5.11. The molecule has 0 atom stereocenters. The molecule has 2 aliphatic heterocycles. The molecule has 1 N–H and O–H groups in total. The van der Waals surface area contributed by atoms with Crippen LogP contribution in [-0.2, 0) is 20.4 Å². The van der Waals surface area contributed by atoms with E-state index >= 15 is 0 Å². The fraction of sp³-hybridized carbons (Fsp3) is 0.545. The van der Waals surface area contributed by atoms with E-state index < -0.39 is 10.0 Å². The number of benzene rings is 1. The third-order valence-corrected chi connectivity index (χ3v) is 7.61. The SMILES string of the molecule is CC(C)(C)n1cc(NC(=O)C2CCN(S(=O)(=O)c3ccc4c(c3)OCCCO4)CC2)cn1. The molecule has 4 rings (SSSR count). The zero-order valence-corrected chi connectivity index (χ0v) is 19.5. The molecule has 174 valence electrons. The van der Waals surface area contributed by atoms with Crippen molar-refractivity contribution < 1.29 is 22.7 Å². The summed E-state index contributed by atoms with van der Waals surface area (Å²) in [4.78, 5) is 12.9. The zero-order valence-electron chi connectivity index (χ0n) is 18.7. The van der Waals surface area contributed by atoms with Crippen molar-refractivity contribution in [2.45, 2.75) is 50.5 Å². The molecule has 0 bridgehead atoms. The van der Waals surface area contributed by atoms with Gasteiger partial charge in [0.05, 0.1) is 35.5 Å². The number of fused-ring (bicyclic) bond motifs is 1. The van der Waals surface area contributed by atoms with E-state index in [1.54, 1.807) is 23.0 Å². The van der Waals surface area contributed by atoms with Crippen LogP contribution in [0.25, 0.3) is 0 Å². The van der Waals surface area contributed by atoms with Crippen LogP contribution in [0, 0.1) is 5.92 Å². The van der Waals surface area contributed by atoms with Gasteiger partial charge in [-0.1, -0.05) is 0 Å². The first-order chi connectivity index (χ1) is 15.1. The summed E-state index contributed by atoms with van der Waals surface area (Å²) >= 11 is 0. The molecule has 1 aromatic carbocycles. The second-order valence-electron chi connectivity index (χ2n) is 9.17. The highest BCUT2D eigenvalue weighted by Gasteiger charge is 2.33. The molecule has 1 amide bonds. The standard InChI is InChI=1S/C22H30N4O5S/c1-22(2,3)26-15-17(14-23-26)24-21(27)16-7-9-25(10-8-16)32(28,29)18-5-6-19-20(13-18)31-12-4-11-30-19/h5-6,13-16H,4,7-12H2,1-3H3,(H,24,27). The number of sulfonamides is 1. The second-order valence-corrected chi connectivity index (χ2v) is 11.1. The molecular weight excluding hydrogens is 432 g/mol. The monoisotopic (exact) mass is 462 g/mol. The average Bonchev–Trinajstić information content (AvgIpc) is 3.11. The lowest BCUT2D eigenvalue weighted by Crippen LogP contribution is -2.41. The summed E-state index contributed by atoms with van der Waals surface area (Å²) in [5.41, 5.74) is 0.475. The molecule has 1 saturated heterocycles. The van der Waals surface area contributed by atoms with Gasteiger partial charge < -0.3 is 14.8 Å². The van der Waals surface area contributed by atoms with Gasteiger partial charge in [-0.3, -0.25) is 9.48 Å². The van der Waals surface area contributed by atoms with Crippen LogP contribution in [0.1, 0.15) is 40.0 Å². The van der Waals surface area contributed by atoms with Crippen molar-refractivity contribution in [2.24, 2.45) is 5.92 Å². The first-order valence-electron chi connectivity index (χ1n) is 10.9. The molecule has 0 radical (unpaired) electrons. The van der Waals surface area contributed by atoms with Crippen LogP contribution >= 0.6 is 0 Å². The van der Waals surface area contributed by atoms with Gasteiger partial charge in [0.1, 0.15) is 0 Å². The van der Waals surface area contributed by atoms with Gasteiger partial charge in [0, 0.05) is 37.7 Å². The number of anilines is 1. The number of piperidine rings is 1. The number of carbonyl (C=O) groups excluding carboxylic acids is 1. The van der Waals surface area contributed by atoms with Gasteiger partial charge in [0.15, 0.2) is 11.5 Å². The van der Waals surface area contributed by atoms with E-state index in [9.17, 15) is 13.2 Å². The third-order valence-electron chi connectivity index (χ3n) is 5.72. The van der Waals surface area contributed by atoms with Crippen LogP contribution < -0.4 is 14.8 Å². The van der Waals surface area contributed by atoms with Crippen LogP contribution in [0.2, 0.25) is 0 Å². The van der Waals surface area contributed by atoms with Gasteiger partial charge in [-0.15, -0.1) is 0 Å². The van der Waals surface area contributed by atoms with Crippen LogP contribution in [0.5, 0.6) is 11.5 Å². The summed E-state index contributed by atoms with van der Waals surface area (Å²) in [5, 5.41) is 7.20. The Kier molecular flexibility index (Phi) is 6.17. The quantitative estimate of drug-likeness (QED) is 0.750.